The van der Waals surface area contributed by atoms with Crippen molar-refractivity contribution in [2.45, 2.75) is 24.7 Å². The van der Waals surface area contributed by atoms with Crippen LogP contribution in [0, 0.1) is 0 Å². The van der Waals surface area contributed by atoms with Crippen molar-refractivity contribution in [1.82, 2.24) is 10.2 Å². The molecule has 0 spiro atoms. The maximum atomic E-state index is 13.3. The molecule has 2 atom stereocenters. The van der Waals surface area contributed by atoms with Crippen LogP contribution in [0.2, 0.25) is 0 Å². The van der Waals surface area contributed by atoms with E-state index in [4.69, 9.17) is 0 Å². The molecule has 0 unspecified atom stereocenters. The number of rotatable bonds is 4. The van der Waals surface area contributed by atoms with Gasteiger partial charge in [0, 0.05) is 0 Å². The summed E-state index contributed by atoms with van der Waals surface area (Å²) in [5.74, 6) is -0.642. The number of alkyl halides is 3. The molecular weight excluding hydrogens is 409 g/mol. The molecule has 0 aromatic heterocycles. The van der Waals surface area contributed by atoms with Gasteiger partial charge < -0.3 is 10.4 Å². The third kappa shape index (κ3) is 3.63. The van der Waals surface area contributed by atoms with Gasteiger partial charge in [0.1, 0.15) is 5.54 Å². The van der Waals surface area contributed by atoms with E-state index in [-0.39, 0.29) is 0 Å². The summed E-state index contributed by atoms with van der Waals surface area (Å²) in [6, 6.07) is 16.6. The van der Waals surface area contributed by atoms with Crippen LogP contribution < -0.4 is 5.32 Å². The minimum absolute atomic E-state index is 0.394. The van der Waals surface area contributed by atoms with Gasteiger partial charge in [-0.15, -0.1) is 0 Å². The molecule has 2 N–H and O–H groups in total. The molecule has 5 nitrogen and oxygen atoms in total. The Balaban J connectivity index is 1.63. The highest BCUT2D eigenvalue weighted by Crippen LogP contribution is 2.36. The molecule has 1 saturated heterocycles. The molecule has 1 aliphatic heterocycles. The first-order valence-corrected chi connectivity index (χ1v) is 9.59. The van der Waals surface area contributed by atoms with E-state index >= 15 is 0 Å². The molecule has 3 aromatic carbocycles. The van der Waals surface area contributed by atoms with E-state index in [0.717, 1.165) is 27.8 Å². The monoisotopic (exact) mass is 428 g/mol. The normalized spacial score (nSPS) is 20.2. The summed E-state index contributed by atoms with van der Waals surface area (Å²) >= 11 is 0. The molecule has 0 saturated carbocycles. The first kappa shape index (κ1) is 20.9. The molecule has 1 aliphatic rings. The second kappa shape index (κ2) is 7.39. The van der Waals surface area contributed by atoms with Crippen LogP contribution in [0.3, 0.4) is 0 Å². The number of halogens is 3. The molecule has 1 heterocycles. The Hall–Kier alpha value is -3.39. The van der Waals surface area contributed by atoms with E-state index in [9.17, 15) is 27.9 Å². The largest absolute Gasteiger partial charge is 0.416 e. The van der Waals surface area contributed by atoms with E-state index in [1.807, 2.05) is 30.3 Å². The topological polar surface area (TPSA) is 69.6 Å². The van der Waals surface area contributed by atoms with E-state index in [2.05, 4.69) is 5.32 Å². The van der Waals surface area contributed by atoms with Crippen molar-refractivity contribution in [2.75, 3.05) is 6.54 Å². The second-order valence-electron chi connectivity index (χ2n) is 7.63. The van der Waals surface area contributed by atoms with Gasteiger partial charge in [-0.05, 0) is 41.0 Å². The lowest BCUT2D eigenvalue weighted by molar-refractivity contribution is -0.139. The van der Waals surface area contributed by atoms with Crippen molar-refractivity contribution < 1.29 is 27.9 Å². The van der Waals surface area contributed by atoms with Gasteiger partial charge in [-0.2, -0.15) is 13.2 Å². The molecule has 8 heteroatoms. The molecule has 1 fully saturated rings. The highest BCUT2D eigenvalue weighted by atomic mass is 19.4. The fourth-order valence-corrected chi connectivity index (χ4v) is 3.88. The molecule has 3 aromatic rings. The van der Waals surface area contributed by atoms with Crippen LogP contribution in [-0.4, -0.2) is 28.5 Å². The van der Waals surface area contributed by atoms with Crippen molar-refractivity contribution in [3.05, 3.63) is 83.4 Å². The highest BCUT2D eigenvalue weighted by molar-refractivity contribution is 6.07. The van der Waals surface area contributed by atoms with Gasteiger partial charge in [0.2, 0.25) is 0 Å². The average Bonchev–Trinajstić information content (AvgIpc) is 2.96. The summed E-state index contributed by atoms with van der Waals surface area (Å²) in [5.41, 5.74) is -2.26. The van der Waals surface area contributed by atoms with Gasteiger partial charge in [0.05, 0.1) is 18.2 Å². The number of nitrogens with one attached hydrogen (secondary N) is 1. The Morgan fingerprint density at radius 1 is 1.00 bits per heavy atom. The van der Waals surface area contributed by atoms with Crippen LogP contribution in [0.25, 0.3) is 10.8 Å². The van der Waals surface area contributed by atoms with E-state index in [0.29, 0.717) is 5.56 Å². The summed E-state index contributed by atoms with van der Waals surface area (Å²) in [6.07, 6.45) is -6.36. The summed E-state index contributed by atoms with van der Waals surface area (Å²) in [4.78, 5) is 26.4. The van der Waals surface area contributed by atoms with Gasteiger partial charge in [0.25, 0.3) is 5.91 Å². The maximum Gasteiger partial charge on any atom is 0.416 e. The Morgan fingerprint density at radius 3 is 2.35 bits per heavy atom. The molecule has 0 aliphatic carbocycles. The Bertz CT molecular complexity index is 1180. The number of hydrogen-bond acceptors (Lipinski definition) is 3. The summed E-state index contributed by atoms with van der Waals surface area (Å²) in [7, 11) is 0. The van der Waals surface area contributed by atoms with Crippen LogP contribution >= 0.6 is 0 Å². The van der Waals surface area contributed by atoms with Gasteiger partial charge in [-0.3, -0.25) is 9.69 Å². The van der Waals surface area contributed by atoms with Crippen molar-refractivity contribution in [1.29, 1.82) is 0 Å². The second-order valence-corrected chi connectivity index (χ2v) is 7.63. The number of hydrogen-bond donors (Lipinski definition) is 2. The van der Waals surface area contributed by atoms with Crippen LogP contribution in [0.4, 0.5) is 18.0 Å². The van der Waals surface area contributed by atoms with Crippen molar-refractivity contribution >= 4 is 22.7 Å². The average molecular weight is 428 g/mol. The SMILES string of the molecule is C[C@@]1(c2ccc3ccccc3c2)NC(=O)N(C[C@@H](O)c2ccccc2C(F)(F)F)C1=O. The van der Waals surface area contributed by atoms with Crippen molar-refractivity contribution in [2.24, 2.45) is 0 Å². The minimum atomic E-state index is -4.67. The summed E-state index contributed by atoms with van der Waals surface area (Å²) in [5, 5.41) is 14.9. The summed E-state index contributed by atoms with van der Waals surface area (Å²) < 4.78 is 39.8. The first-order valence-electron chi connectivity index (χ1n) is 9.59. The lowest BCUT2D eigenvalue weighted by Gasteiger charge is -2.24. The zero-order valence-electron chi connectivity index (χ0n) is 16.5. The number of aliphatic hydroxyl groups is 1. The Morgan fingerprint density at radius 2 is 1.65 bits per heavy atom. The highest BCUT2D eigenvalue weighted by Gasteiger charge is 2.49. The quantitative estimate of drug-likeness (QED) is 0.607. The smallest absolute Gasteiger partial charge is 0.387 e. The van der Waals surface area contributed by atoms with Crippen LogP contribution in [0.15, 0.2) is 66.7 Å². The number of β-amino-alcohol motifs (C(OH)–C–C–N with tert-alkyl or cyclic N) is 1. The van der Waals surface area contributed by atoms with Crippen molar-refractivity contribution in [3.8, 4) is 0 Å². The number of amides is 3. The lowest BCUT2D eigenvalue weighted by atomic mass is 9.90. The Kier molecular flexibility index (Phi) is 4.97. The number of fused-ring (bicyclic) bond motifs is 1. The number of nitrogens with zero attached hydrogens (tertiary/aromatic N) is 1. The Labute approximate surface area is 176 Å². The number of carbonyl (C=O) groups is 2. The fourth-order valence-electron chi connectivity index (χ4n) is 3.88. The molecular formula is C23H19F3N2O3. The van der Waals surface area contributed by atoms with Crippen LogP contribution in [0.5, 0.6) is 0 Å². The molecule has 0 radical (unpaired) electrons. The van der Waals surface area contributed by atoms with Gasteiger partial charge in [-0.1, -0.05) is 54.6 Å². The van der Waals surface area contributed by atoms with Crippen LogP contribution in [-0.2, 0) is 16.5 Å². The molecule has 3 amide bonds. The molecule has 31 heavy (non-hydrogen) atoms. The third-order valence-corrected chi connectivity index (χ3v) is 5.58. The van der Waals surface area contributed by atoms with Crippen molar-refractivity contribution in [3.63, 3.8) is 0 Å². The fraction of sp³-hybridized carbons (Fsp3) is 0.217. The minimum Gasteiger partial charge on any atom is -0.387 e. The van der Waals surface area contributed by atoms with Gasteiger partial charge in [0.15, 0.2) is 0 Å². The maximum absolute atomic E-state index is 13.3. The van der Waals surface area contributed by atoms with E-state index in [1.54, 1.807) is 12.1 Å². The number of aliphatic hydroxyl groups excluding tert-OH is 1. The third-order valence-electron chi connectivity index (χ3n) is 5.58. The summed E-state index contributed by atoms with van der Waals surface area (Å²) in [6.45, 7) is 0.939. The number of imide groups is 1. The van der Waals surface area contributed by atoms with E-state index in [1.165, 1.54) is 19.1 Å². The number of benzene rings is 3. The molecule has 160 valence electrons. The molecule has 4 rings (SSSR count). The molecule has 0 bridgehead atoms. The zero-order valence-corrected chi connectivity index (χ0v) is 16.5. The number of urea groups is 1. The zero-order chi connectivity index (χ0) is 22.4. The predicted octanol–water partition coefficient (Wildman–Crippen LogP) is 4.36. The predicted molar refractivity (Wildman–Crippen MR) is 108 cm³/mol. The number of carbonyl (C=O) groups excluding carboxylic acids is 2. The standard InChI is InChI=1S/C23H19F3N2O3/c1-22(16-11-10-14-6-2-3-7-15(14)12-16)20(30)28(21(31)27-22)13-19(29)17-8-4-5-9-18(17)23(24,25)26/h2-12,19,29H,13H2,1H3,(H,27,31)/t19-,22+/m1/s1. The van der Waals surface area contributed by atoms with Gasteiger partial charge >= 0.3 is 12.2 Å². The lowest BCUT2D eigenvalue weighted by Crippen LogP contribution is -2.41. The van der Waals surface area contributed by atoms with Crippen LogP contribution in [0.1, 0.15) is 29.7 Å². The first-order chi connectivity index (χ1) is 14.6. The van der Waals surface area contributed by atoms with Gasteiger partial charge in [-0.25, -0.2) is 4.79 Å². The van der Waals surface area contributed by atoms with E-state index < -0.39 is 47.4 Å².